The van der Waals surface area contributed by atoms with Gasteiger partial charge in [-0.05, 0) is 54.4 Å². The second-order valence-electron chi connectivity index (χ2n) is 6.17. The van der Waals surface area contributed by atoms with E-state index in [1.165, 1.54) is 5.57 Å². The molecule has 132 valence electrons. The van der Waals surface area contributed by atoms with Crippen molar-refractivity contribution in [1.82, 2.24) is 10.3 Å². The first-order valence-electron chi connectivity index (χ1n) is 8.23. The van der Waals surface area contributed by atoms with E-state index in [0.29, 0.717) is 12.1 Å². The van der Waals surface area contributed by atoms with Gasteiger partial charge in [-0.2, -0.15) is 0 Å². The monoisotopic (exact) mass is 339 g/mol. The lowest BCUT2D eigenvalue weighted by atomic mass is 10.1. The van der Waals surface area contributed by atoms with Gasteiger partial charge in [-0.25, -0.2) is 4.63 Å². The summed E-state index contributed by atoms with van der Waals surface area (Å²) >= 11 is 0. The fourth-order valence-corrected chi connectivity index (χ4v) is 2.38. The molecule has 1 atom stereocenters. The molecule has 2 aromatic rings. The maximum absolute atomic E-state index is 9.45. The normalized spacial score (nSPS) is 13.9. The largest absolute Gasteiger partial charge is 0.389 e. The summed E-state index contributed by atoms with van der Waals surface area (Å²) in [5.41, 5.74) is 5.44. The average Bonchev–Trinajstić information content (AvgIpc) is 3.03. The molecule has 0 bridgehead atoms. The third kappa shape index (κ3) is 5.16. The van der Waals surface area contributed by atoms with Gasteiger partial charge in [0, 0.05) is 13.6 Å². The summed E-state index contributed by atoms with van der Waals surface area (Å²) in [6, 6.07) is 3.90. The van der Waals surface area contributed by atoms with E-state index < -0.39 is 6.10 Å². The molecular weight excluding hydrogens is 314 g/mol. The molecule has 0 saturated carbocycles. The molecule has 1 aromatic carbocycles. The van der Waals surface area contributed by atoms with E-state index >= 15 is 0 Å². The molecule has 1 heterocycles. The fraction of sp³-hybridized carbons (Fsp3) is 0.300. The zero-order valence-electron chi connectivity index (χ0n) is 15.2. The van der Waals surface area contributed by atoms with Gasteiger partial charge in [-0.1, -0.05) is 42.5 Å². The van der Waals surface area contributed by atoms with E-state index in [0.717, 1.165) is 22.3 Å². The number of aliphatic hydroxyl groups is 1. The molecule has 0 saturated heterocycles. The Labute approximate surface area is 148 Å². The minimum absolute atomic E-state index is 0.505. The van der Waals surface area contributed by atoms with Crippen molar-refractivity contribution in [2.75, 3.05) is 18.5 Å². The quantitative estimate of drug-likeness (QED) is 0.769. The van der Waals surface area contributed by atoms with Gasteiger partial charge in [0.25, 0.3) is 0 Å². The van der Waals surface area contributed by atoms with Gasteiger partial charge in [0.15, 0.2) is 5.52 Å². The van der Waals surface area contributed by atoms with Gasteiger partial charge in [0.2, 0.25) is 0 Å². The van der Waals surface area contributed by atoms with E-state index in [1.807, 2.05) is 45.2 Å². The van der Waals surface area contributed by atoms with Gasteiger partial charge < -0.3 is 10.0 Å². The maximum Gasteiger partial charge on any atom is 0.158 e. The summed E-state index contributed by atoms with van der Waals surface area (Å²) in [6.45, 7) is 10.3. The van der Waals surface area contributed by atoms with Crippen molar-refractivity contribution >= 4 is 22.8 Å². The number of benzene rings is 1. The zero-order chi connectivity index (χ0) is 18.4. The van der Waals surface area contributed by atoms with Crippen molar-refractivity contribution in [2.45, 2.75) is 26.9 Å². The summed E-state index contributed by atoms with van der Waals surface area (Å²) in [4.78, 5) is 2.10. The van der Waals surface area contributed by atoms with Crippen LogP contribution in [0.3, 0.4) is 0 Å². The highest BCUT2D eigenvalue weighted by Gasteiger charge is 2.13. The number of fused-ring (bicyclic) bond motifs is 1. The van der Waals surface area contributed by atoms with Crippen molar-refractivity contribution in [1.29, 1.82) is 0 Å². The number of nitrogens with zero attached hydrogens (tertiary/aromatic N) is 3. The molecule has 5 heteroatoms. The third-order valence-corrected chi connectivity index (χ3v) is 3.71. The van der Waals surface area contributed by atoms with Crippen LogP contribution in [0.5, 0.6) is 0 Å². The molecule has 0 spiro atoms. The lowest BCUT2D eigenvalue weighted by molar-refractivity contribution is 0.245. The van der Waals surface area contributed by atoms with Crippen LogP contribution < -0.4 is 4.90 Å². The van der Waals surface area contributed by atoms with Crippen LogP contribution >= 0.6 is 0 Å². The summed E-state index contributed by atoms with van der Waals surface area (Å²) in [5, 5.41) is 17.4. The molecule has 1 aromatic heterocycles. The minimum atomic E-state index is -0.505. The number of aliphatic hydroxyl groups excluding tert-OH is 1. The second kappa shape index (κ2) is 8.44. The van der Waals surface area contributed by atoms with Crippen molar-refractivity contribution in [3.63, 3.8) is 0 Å². The van der Waals surface area contributed by atoms with Crippen molar-refractivity contribution in [3.8, 4) is 0 Å². The molecule has 0 aliphatic carbocycles. The van der Waals surface area contributed by atoms with E-state index in [9.17, 15) is 5.11 Å². The minimum Gasteiger partial charge on any atom is -0.389 e. The Bertz CT molecular complexity index is 829. The molecule has 0 amide bonds. The molecule has 2 rings (SSSR count). The number of rotatable bonds is 7. The van der Waals surface area contributed by atoms with Crippen LogP contribution in [0.25, 0.3) is 17.1 Å². The van der Waals surface area contributed by atoms with Gasteiger partial charge in [0.1, 0.15) is 5.52 Å². The van der Waals surface area contributed by atoms with E-state index in [4.69, 9.17) is 4.63 Å². The number of hydrogen-bond acceptors (Lipinski definition) is 5. The molecule has 0 radical (unpaired) electrons. The van der Waals surface area contributed by atoms with Gasteiger partial charge in [-0.15, -0.1) is 0 Å². The number of hydrogen-bond donors (Lipinski definition) is 1. The molecule has 1 N–H and O–H groups in total. The summed E-state index contributed by atoms with van der Waals surface area (Å²) in [6.07, 6.45) is 9.23. The molecule has 0 fully saturated rings. The van der Waals surface area contributed by atoms with Gasteiger partial charge in [0.05, 0.1) is 11.8 Å². The summed E-state index contributed by atoms with van der Waals surface area (Å²) < 4.78 is 4.91. The first-order valence-corrected chi connectivity index (χ1v) is 8.23. The fourth-order valence-electron chi connectivity index (χ4n) is 2.38. The average molecular weight is 339 g/mol. The van der Waals surface area contributed by atoms with Crippen LogP contribution in [0.15, 0.2) is 58.8 Å². The molecule has 5 nitrogen and oxygen atoms in total. The van der Waals surface area contributed by atoms with Crippen LogP contribution in [-0.2, 0) is 0 Å². The lowest BCUT2D eigenvalue weighted by Gasteiger charge is -2.20. The van der Waals surface area contributed by atoms with Crippen molar-refractivity contribution in [3.05, 3.63) is 59.7 Å². The summed E-state index contributed by atoms with van der Waals surface area (Å²) in [5.74, 6) is 0. The number of anilines is 1. The molecule has 0 aliphatic rings. The van der Waals surface area contributed by atoms with E-state index in [1.54, 1.807) is 13.0 Å². The number of aromatic nitrogens is 2. The highest BCUT2D eigenvalue weighted by Crippen LogP contribution is 2.27. The van der Waals surface area contributed by atoms with Crippen molar-refractivity contribution in [2.24, 2.45) is 0 Å². The van der Waals surface area contributed by atoms with Crippen LogP contribution in [-0.4, -0.2) is 35.1 Å². The highest BCUT2D eigenvalue weighted by molar-refractivity contribution is 5.90. The number of likely N-dealkylation sites (N-methyl/N-ethyl adjacent to an activating group) is 1. The van der Waals surface area contributed by atoms with E-state index in [-0.39, 0.29) is 0 Å². The zero-order valence-corrected chi connectivity index (χ0v) is 15.2. The molecule has 1 unspecified atom stereocenters. The van der Waals surface area contributed by atoms with Crippen molar-refractivity contribution < 1.29 is 9.74 Å². The van der Waals surface area contributed by atoms with E-state index in [2.05, 4.69) is 33.9 Å². The third-order valence-electron chi connectivity index (χ3n) is 3.71. The Morgan fingerprint density at radius 1 is 1.36 bits per heavy atom. The highest BCUT2D eigenvalue weighted by atomic mass is 16.6. The standard InChI is InChI=1S/C20H25N3O2/c1-6-16(9-7-14(2)3)13-23(5)19-12-17(10-8-15(4)24)11-18-20(19)22-25-21-18/h6-12,15,24H,2,13H2,1,3-5H3/b9-7-,10-8+,16-6+. The Balaban J connectivity index is 2.34. The Hall–Kier alpha value is -2.66. The molecule has 0 aliphatic heterocycles. The van der Waals surface area contributed by atoms with Crippen LogP contribution in [0.4, 0.5) is 5.69 Å². The van der Waals surface area contributed by atoms with Gasteiger partial charge >= 0.3 is 0 Å². The smallest absolute Gasteiger partial charge is 0.158 e. The number of allylic oxidation sites excluding steroid dienone is 3. The van der Waals surface area contributed by atoms with Crippen LogP contribution in [0.2, 0.25) is 0 Å². The first-order chi connectivity index (χ1) is 11.9. The maximum atomic E-state index is 9.45. The first kappa shape index (κ1) is 18.7. The second-order valence-corrected chi connectivity index (χ2v) is 6.17. The Morgan fingerprint density at radius 2 is 2.12 bits per heavy atom. The Morgan fingerprint density at radius 3 is 2.76 bits per heavy atom. The molecular formula is C20H25N3O2. The topological polar surface area (TPSA) is 62.4 Å². The van der Waals surface area contributed by atoms with Gasteiger partial charge in [-0.3, -0.25) is 0 Å². The molecule has 25 heavy (non-hydrogen) atoms. The predicted molar refractivity (Wildman–Crippen MR) is 103 cm³/mol. The predicted octanol–water partition coefficient (Wildman–Crippen LogP) is 4.13. The lowest BCUT2D eigenvalue weighted by Crippen LogP contribution is -2.20. The van der Waals surface area contributed by atoms with Crippen LogP contribution in [0.1, 0.15) is 26.3 Å². The summed E-state index contributed by atoms with van der Waals surface area (Å²) in [7, 11) is 2.00. The SMILES string of the molecule is C=C(C)/C=C\C(=C/C)CN(C)c1cc(/C=C/C(C)O)cc2nonc12. The van der Waals surface area contributed by atoms with Crippen LogP contribution in [0, 0.1) is 0 Å². The Kier molecular flexibility index (Phi) is 6.31.